The number of amides is 1. The van der Waals surface area contributed by atoms with Crippen molar-refractivity contribution in [2.45, 2.75) is 185 Å². The van der Waals surface area contributed by atoms with Crippen molar-refractivity contribution < 1.29 is 39.8 Å². The number of ether oxygens (including phenoxy) is 2. The third-order valence-electron chi connectivity index (χ3n) is 9.04. The van der Waals surface area contributed by atoms with Gasteiger partial charge in [0.1, 0.15) is 24.4 Å². The van der Waals surface area contributed by atoms with Crippen LogP contribution >= 0.6 is 0 Å². The highest BCUT2D eigenvalue weighted by atomic mass is 16.7. The van der Waals surface area contributed by atoms with E-state index in [1.54, 1.807) is 6.08 Å². The summed E-state index contributed by atoms with van der Waals surface area (Å²) in [6.45, 7) is 3.64. The number of nitrogens with one attached hydrogen (secondary N) is 1. The lowest BCUT2D eigenvalue weighted by Crippen LogP contribution is -2.60. The summed E-state index contributed by atoms with van der Waals surface area (Å²) in [5.41, 5.74) is 0. The second kappa shape index (κ2) is 32.5. The number of aliphatic hydroxyl groups excluding tert-OH is 5. The molecule has 7 atom stereocenters. The Morgan fingerprint density at radius 2 is 1.20 bits per heavy atom. The molecule has 1 amide bonds. The highest BCUT2D eigenvalue weighted by molar-refractivity contribution is 5.76. The molecule has 1 heterocycles. The molecule has 294 valence electrons. The number of carbonyl (C=O) groups is 1. The number of rotatable bonds is 31. The molecule has 1 rings (SSSR count). The topological polar surface area (TPSA) is 149 Å². The van der Waals surface area contributed by atoms with Gasteiger partial charge in [-0.15, -0.1) is 0 Å². The van der Waals surface area contributed by atoms with Crippen molar-refractivity contribution in [3.8, 4) is 0 Å². The van der Waals surface area contributed by atoms with Gasteiger partial charge in [-0.05, 0) is 70.6 Å². The number of hydrogen-bond acceptors (Lipinski definition) is 8. The highest BCUT2D eigenvalue weighted by Crippen LogP contribution is 2.22. The lowest BCUT2D eigenvalue weighted by Gasteiger charge is -2.40. The minimum Gasteiger partial charge on any atom is -0.394 e. The van der Waals surface area contributed by atoms with E-state index >= 15 is 0 Å². The highest BCUT2D eigenvalue weighted by Gasteiger charge is 2.44. The monoisotopic (exact) mass is 720 g/mol. The smallest absolute Gasteiger partial charge is 0.220 e. The predicted molar refractivity (Wildman–Crippen MR) is 207 cm³/mol. The molecule has 0 aromatic heterocycles. The molecular weight excluding hydrogens is 646 g/mol. The largest absolute Gasteiger partial charge is 0.394 e. The van der Waals surface area contributed by atoms with Crippen molar-refractivity contribution in [3.63, 3.8) is 0 Å². The first-order valence-corrected chi connectivity index (χ1v) is 20.0. The fraction of sp³-hybridized carbons (Fsp3) is 0.738. The van der Waals surface area contributed by atoms with Crippen LogP contribution in [0.1, 0.15) is 142 Å². The van der Waals surface area contributed by atoms with Gasteiger partial charge in [0, 0.05) is 6.42 Å². The molecule has 0 saturated carbocycles. The van der Waals surface area contributed by atoms with Gasteiger partial charge in [0.15, 0.2) is 6.29 Å². The van der Waals surface area contributed by atoms with Crippen LogP contribution in [0.5, 0.6) is 0 Å². The second-order valence-corrected chi connectivity index (χ2v) is 13.7. The van der Waals surface area contributed by atoms with Gasteiger partial charge in [-0.2, -0.15) is 0 Å². The minimum absolute atomic E-state index is 0.210. The average Bonchev–Trinajstić information content (AvgIpc) is 3.13. The van der Waals surface area contributed by atoms with Crippen LogP contribution < -0.4 is 5.32 Å². The fourth-order valence-electron chi connectivity index (χ4n) is 5.73. The second-order valence-electron chi connectivity index (χ2n) is 13.7. The number of hydrogen-bond donors (Lipinski definition) is 6. The summed E-state index contributed by atoms with van der Waals surface area (Å²) in [5.74, 6) is -0.210. The molecule has 0 bridgehead atoms. The maximum atomic E-state index is 12.9. The van der Waals surface area contributed by atoms with Gasteiger partial charge >= 0.3 is 0 Å². The predicted octanol–water partition coefficient (Wildman–Crippen LogP) is 7.27. The van der Waals surface area contributed by atoms with Crippen molar-refractivity contribution >= 4 is 5.91 Å². The molecule has 1 fully saturated rings. The van der Waals surface area contributed by atoms with E-state index in [1.165, 1.54) is 44.9 Å². The molecule has 1 aliphatic heterocycles. The van der Waals surface area contributed by atoms with Crippen LogP contribution in [0.15, 0.2) is 60.8 Å². The number of aliphatic hydroxyl groups is 5. The van der Waals surface area contributed by atoms with Crippen molar-refractivity contribution in [2.75, 3.05) is 13.2 Å². The SMILES string of the molecule is CCCC/C=C/CC/C=C/CC/C=C/C(O)C(COC1OC(CO)C(O)C(O)C1O)NC(=O)CCCCCCC/C=C\C/C=C\CCCCCC. The summed E-state index contributed by atoms with van der Waals surface area (Å²) in [4.78, 5) is 12.9. The Morgan fingerprint density at radius 1 is 0.667 bits per heavy atom. The van der Waals surface area contributed by atoms with Crippen LogP contribution in [-0.4, -0.2) is 87.5 Å². The average molecular weight is 720 g/mol. The van der Waals surface area contributed by atoms with Gasteiger partial charge < -0.3 is 40.3 Å². The van der Waals surface area contributed by atoms with Crippen molar-refractivity contribution in [1.29, 1.82) is 0 Å². The Morgan fingerprint density at radius 3 is 1.82 bits per heavy atom. The summed E-state index contributed by atoms with van der Waals surface area (Å²) >= 11 is 0. The van der Waals surface area contributed by atoms with E-state index in [0.717, 1.165) is 77.0 Å². The summed E-state index contributed by atoms with van der Waals surface area (Å²) in [6.07, 6.45) is 34.0. The van der Waals surface area contributed by atoms with Crippen molar-refractivity contribution in [1.82, 2.24) is 5.32 Å². The van der Waals surface area contributed by atoms with Crippen LogP contribution in [0.25, 0.3) is 0 Å². The van der Waals surface area contributed by atoms with Gasteiger partial charge in [-0.25, -0.2) is 0 Å². The molecule has 6 N–H and O–H groups in total. The Bertz CT molecular complexity index is 978. The Balaban J connectivity index is 2.48. The van der Waals surface area contributed by atoms with E-state index < -0.39 is 49.5 Å². The Labute approximate surface area is 309 Å². The molecule has 9 nitrogen and oxygen atoms in total. The number of carbonyl (C=O) groups excluding carboxylic acids is 1. The normalized spacial score (nSPS) is 22.7. The standard InChI is InChI=1S/C42H73NO8/c1-3-5-7-9-11-13-15-17-18-19-20-22-24-26-28-30-32-38(46)43-35(34-50-42-41(49)40(48)39(47)37(33-44)51-42)36(45)31-29-27-25-23-21-16-14-12-10-8-6-4-2/h10,12-13,15,18-19,21,23,29,31,35-37,39-42,44-45,47-49H,3-9,11,14,16-17,20,22,24-28,30,32-34H2,1-2H3,(H,43,46)/b12-10+,15-13-,19-18-,23-21+,31-29+. The molecule has 0 spiro atoms. The molecule has 0 radical (unpaired) electrons. The summed E-state index contributed by atoms with van der Waals surface area (Å²) < 4.78 is 11.1. The van der Waals surface area contributed by atoms with E-state index in [9.17, 15) is 30.3 Å². The summed E-state index contributed by atoms with van der Waals surface area (Å²) in [7, 11) is 0. The Hall–Kier alpha value is -2.11. The molecule has 0 aliphatic carbocycles. The van der Waals surface area contributed by atoms with Crippen LogP contribution in [-0.2, 0) is 14.3 Å². The molecule has 9 heteroatoms. The van der Waals surface area contributed by atoms with Gasteiger partial charge in [0.25, 0.3) is 0 Å². The maximum Gasteiger partial charge on any atom is 0.220 e. The van der Waals surface area contributed by atoms with Crippen LogP contribution in [0.4, 0.5) is 0 Å². The van der Waals surface area contributed by atoms with Crippen LogP contribution in [0.2, 0.25) is 0 Å². The summed E-state index contributed by atoms with van der Waals surface area (Å²) in [5, 5.41) is 53.9. The first kappa shape index (κ1) is 46.9. The zero-order chi connectivity index (χ0) is 37.4. The van der Waals surface area contributed by atoms with Crippen molar-refractivity contribution in [2.24, 2.45) is 0 Å². The third kappa shape index (κ3) is 24.0. The summed E-state index contributed by atoms with van der Waals surface area (Å²) in [6, 6.07) is -0.834. The molecule has 1 aliphatic rings. The zero-order valence-electron chi connectivity index (χ0n) is 31.8. The maximum absolute atomic E-state index is 12.9. The zero-order valence-corrected chi connectivity index (χ0v) is 31.8. The number of unbranched alkanes of at least 4 members (excludes halogenated alkanes) is 13. The van der Waals surface area contributed by atoms with E-state index in [2.05, 4.69) is 67.8 Å². The third-order valence-corrected chi connectivity index (χ3v) is 9.04. The molecule has 0 aromatic carbocycles. The van der Waals surface area contributed by atoms with Gasteiger partial charge in [-0.3, -0.25) is 4.79 Å². The quantitative estimate of drug-likeness (QED) is 0.0324. The Kier molecular flexibility index (Phi) is 29.9. The first-order chi connectivity index (χ1) is 24.8. The van der Waals surface area contributed by atoms with Crippen molar-refractivity contribution in [3.05, 3.63) is 60.8 Å². The molecule has 51 heavy (non-hydrogen) atoms. The van der Waals surface area contributed by atoms with Gasteiger partial charge in [0.05, 0.1) is 25.4 Å². The van der Waals surface area contributed by atoms with Crippen LogP contribution in [0, 0.1) is 0 Å². The first-order valence-electron chi connectivity index (χ1n) is 20.0. The van der Waals surface area contributed by atoms with E-state index in [1.807, 2.05) is 6.08 Å². The van der Waals surface area contributed by atoms with E-state index in [-0.39, 0.29) is 12.5 Å². The molecule has 7 unspecified atom stereocenters. The van der Waals surface area contributed by atoms with Gasteiger partial charge in [0.2, 0.25) is 5.91 Å². The number of allylic oxidation sites excluding steroid dienone is 9. The van der Waals surface area contributed by atoms with E-state index in [0.29, 0.717) is 6.42 Å². The fourth-order valence-corrected chi connectivity index (χ4v) is 5.73. The molecule has 1 saturated heterocycles. The van der Waals surface area contributed by atoms with Crippen LogP contribution in [0.3, 0.4) is 0 Å². The molecular formula is C42H73NO8. The lowest BCUT2D eigenvalue weighted by atomic mass is 9.99. The molecule has 0 aromatic rings. The minimum atomic E-state index is -1.58. The van der Waals surface area contributed by atoms with E-state index in [4.69, 9.17) is 9.47 Å². The van der Waals surface area contributed by atoms with Gasteiger partial charge in [-0.1, -0.05) is 126 Å². The lowest BCUT2D eigenvalue weighted by molar-refractivity contribution is -0.302.